The third kappa shape index (κ3) is 5.76. The average molecular weight is 504 g/mol. The summed E-state index contributed by atoms with van der Waals surface area (Å²) in [6.45, 7) is 9.00. The quantitative estimate of drug-likeness (QED) is 0.322. The number of rotatable bonds is 11. The molecule has 0 heterocycles. The molecule has 0 saturated heterocycles. The van der Waals surface area contributed by atoms with Gasteiger partial charge in [0.2, 0.25) is 6.29 Å². The van der Waals surface area contributed by atoms with E-state index in [-0.39, 0.29) is 25.0 Å². The van der Waals surface area contributed by atoms with Crippen molar-refractivity contribution in [2.75, 3.05) is 20.0 Å². The van der Waals surface area contributed by atoms with Crippen LogP contribution in [0.5, 0.6) is 0 Å². The number of hydrogen-bond acceptors (Lipinski definition) is 9. The molecule has 0 bridgehead atoms. The van der Waals surface area contributed by atoms with Gasteiger partial charge in [0, 0.05) is 25.4 Å². The lowest BCUT2D eigenvalue weighted by molar-refractivity contribution is -0.183. The lowest BCUT2D eigenvalue weighted by Crippen LogP contribution is -2.61. The predicted octanol–water partition coefficient (Wildman–Crippen LogP) is 3.31. The zero-order valence-electron chi connectivity index (χ0n) is 21.5. The Hall–Kier alpha value is -1.49. The van der Waals surface area contributed by atoms with Crippen molar-refractivity contribution >= 4 is 12.1 Å². The van der Waals surface area contributed by atoms with Crippen molar-refractivity contribution in [1.29, 1.82) is 0 Å². The topological polar surface area (TPSA) is 127 Å². The number of ether oxygens (including phenoxy) is 5. The fourth-order valence-electron chi connectivity index (χ4n) is 6.11. The lowest BCUT2D eigenvalue weighted by Gasteiger charge is -2.36. The van der Waals surface area contributed by atoms with Gasteiger partial charge in [0.05, 0.1) is 12.7 Å². The van der Waals surface area contributed by atoms with E-state index in [1.165, 1.54) is 6.92 Å². The van der Waals surface area contributed by atoms with Crippen LogP contribution in [0, 0.1) is 29.6 Å². The third-order valence-electron chi connectivity index (χ3n) is 7.98. The Morgan fingerprint density at radius 1 is 1.17 bits per heavy atom. The minimum atomic E-state index is -1.85. The standard InChI is InChI=1S/C25H42FNO8/c1-6-9-32-20-11-18-21(24(18,26)12-31-13-28)25(20,27)22(29)33-16(5)34-23(30)35-19-10-15(4)7-8-17(19)14(2)3/h14-21,28H,6-13,27H2,1-5H3/t15-,16-,17+,18-,19-,20-,21+,24-,25+/m1/s1. The Morgan fingerprint density at radius 2 is 1.89 bits per heavy atom. The molecule has 0 amide bonds. The number of nitrogens with two attached hydrogens (primary N) is 1. The first-order valence-electron chi connectivity index (χ1n) is 12.8. The molecule has 3 N–H and O–H groups in total. The molecule has 10 heteroatoms. The van der Waals surface area contributed by atoms with Crippen molar-refractivity contribution in [2.24, 2.45) is 35.3 Å². The van der Waals surface area contributed by atoms with Crippen LogP contribution in [0.1, 0.15) is 66.7 Å². The van der Waals surface area contributed by atoms with Crippen molar-refractivity contribution in [3.63, 3.8) is 0 Å². The summed E-state index contributed by atoms with van der Waals surface area (Å²) in [7, 11) is 0. The molecule has 202 valence electrons. The van der Waals surface area contributed by atoms with Crippen LogP contribution in [0.4, 0.5) is 9.18 Å². The molecule has 0 aromatic heterocycles. The summed E-state index contributed by atoms with van der Waals surface area (Å²) in [6, 6.07) is 0. The van der Waals surface area contributed by atoms with Crippen LogP contribution in [0.25, 0.3) is 0 Å². The summed E-state index contributed by atoms with van der Waals surface area (Å²) >= 11 is 0. The van der Waals surface area contributed by atoms with Gasteiger partial charge < -0.3 is 34.5 Å². The van der Waals surface area contributed by atoms with E-state index < -0.39 is 54.4 Å². The van der Waals surface area contributed by atoms with Gasteiger partial charge in [-0.2, -0.15) is 0 Å². The molecular weight excluding hydrogens is 461 g/mol. The smallest absolute Gasteiger partial charge is 0.431 e. The van der Waals surface area contributed by atoms with E-state index >= 15 is 4.39 Å². The number of alkyl halides is 1. The molecule has 3 fully saturated rings. The summed E-state index contributed by atoms with van der Waals surface area (Å²) in [6.07, 6.45) is 0.569. The lowest BCUT2D eigenvalue weighted by atomic mass is 9.75. The summed E-state index contributed by atoms with van der Waals surface area (Å²) in [5.74, 6) is -1.29. The van der Waals surface area contributed by atoms with Crippen molar-refractivity contribution in [3.05, 3.63) is 0 Å². The zero-order chi connectivity index (χ0) is 26.0. The average Bonchev–Trinajstić information content (AvgIpc) is 3.22. The Labute approximate surface area is 207 Å². The van der Waals surface area contributed by atoms with E-state index in [0.717, 1.165) is 19.3 Å². The van der Waals surface area contributed by atoms with Crippen LogP contribution >= 0.6 is 0 Å². The van der Waals surface area contributed by atoms with E-state index in [9.17, 15) is 9.59 Å². The van der Waals surface area contributed by atoms with Crippen LogP contribution in [-0.4, -0.2) is 66.9 Å². The zero-order valence-corrected chi connectivity index (χ0v) is 21.5. The number of aliphatic hydroxyl groups is 1. The number of hydrogen-bond donors (Lipinski definition) is 2. The van der Waals surface area contributed by atoms with E-state index in [2.05, 4.69) is 20.8 Å². The van der Waals surface area contributed by atoms with Crippen LogP contribution in [0.2, 0.25) is 0 Å². The Kier molecular flexibility index (Phi) is 9.05. The van der Waals surface area contributed by atoms with Gasteiger partial charge in [0.25, 0.3) is 0 Å². The van der Waals surface area contributed by atoms with Gasteiger partial charge >= 0.3 is 12.1 Å². The minimum absolute atomic E-state index is 0.231. The molecule has 0 aromatic carbocycles. The highest BCUT2D eigenvalue weighted by molar-refractivity contribution is 5.84. The second kappa shape index (κ2) is 11.3. The number of carbonyl (C=O) groups excluding carboxylic acids is 2. The molecule has 0 unspecified atom stereocenters. The summed E-state index contributed by atoms with van der Waals surface area (Å²) in [4.78, 5) is 25.7. The number of halogens is 1. The molecular formula is C25H42FNO8. The molecule has 9 nitrogen and oxygen atoms in total. The van der Waals surface area contributed by atoms with Crippen molar-refractivity contribution in [2.45, 2.75) is 96.4 Å². The first-order valence-corrected chi connectivity index (χ1v) is 12.8. The first-order chi connectivity index (χ1) is 16.5. The van der Waals surface area contributed by atoms with Crippen LogP contribution < -0.4 is 5.73 Å². The van der Waals surface area contributed by atoms with Gasteiger partial charge in [0.1, 0.15) is 24.1 Å². The van der Waals surface area contributed by atoms with Crippen LogP contribution in [-0.2, 0) is 28.5 Å². The summed E-state index contributed by atoms with van der Waals surface area (Å²) in [5, 5.41) is 8.91. The summed E-state index contributed by atoms with van der Waals surface area (Å²) in [5.41, 5.74) is 2.87. The molecule has 3 aliphatic rings. The maximum atomic E-state index is 15.4. The molecule has 0 spiro atoms. The van der Waals surface area contributed by atoms with E-state index in [1.807, 2.05) is 6.92 Å². The number of carbonyl (C=O) groups is 2. The Bertz CT molecular complexity index is 753. The third-order valence-corrected chi connectivity index (χ3v) is 7.98. The van der Waals surface area contributed by atoms with Gasteiger partial charge in [-0.05, 0) is 43.4 Å². The molecule has 35 heavy (non-hydrogen) atoms. The van der Waals surface area contributed by atoms with Gasteiger partial charge in [-0.25, -0.2) is 14.0 Å². The SMILES string of the molecule is CCCO[C@@H]1C[C@@H]2[C@@H]([C@@]2(F)COCO)[C@]1(N)C(=O)O[C@@H](C)OC(=O)O[C@@H]1C[C@H](C)CC[C@H]1C(C)C. The van der Waals surface area contributed by atoms with Gasteiger partial charge in [-0.1, -0.05) is 34.1 Å². The van der Waals surface area contributed by atoms with Crippen molar-refractivity contribution in [1.82, 2.24) is 0 Å². The fraction of sp³-hybridized carbons (Fsp3) is 0.920. The molecule has 3 aliphatic carbocycles. The highest BCUT2D eigenvalue weighted by Crippen LogP contribution is 2.67. The van der Waals surface area contributed by atoms with E-state index in [4.69, 9.17) is 34.5 Å². The monoisotopic (exact) mass is 503 g/mol. The fourth-order valence-corrected chi connectivity index (χ4v) is 6.11. The summed E-state index contributed by atoms with van der Waals surface area (Å²) < 4.78 is 42.3. The largest absolute Gasteiger partial charge is 0.511 e. The molecule has 9 atom stereocenters. The molecule has 3 saturated carbocycles. The van der Waals surface area contributed by atoms with Gasteiger partial charge in [-0.3, -0.25) is 0 Å². The molecule has 0 aliphatic heterocycles. The molecule has 3 rings (SSSR count). The minimum Gasteiger partial charge on any atom is -0.431 e. The first kappa shape index (κ1) is 28.1. The highest BCUT2D eigenvalue weighted by atomic mass is 19.1. The number of fused-ring (bicyclic) bond motifs is 1. The predicted molar refractivity (Wildman–Crippen MR) is 124 cm³/mol. The Balaban J connectivity index is 1.61. The van der Waals surface area contributed by atoms with Crippen molar-refractivity contribution < 1.29 is 42.8 Å². The normalized spacial score (nSPS) is 39.1. The van der Waals surface area contributed by atoms with Gasteiger partial charge in [-0.15, -0.1) is 0 Å². The van der Waals surface area contributed by atoms with E-state index in [1.54, 1.807) is 0 Å². The van der Waals surface area contributed by atoms with E-state index in [0.29, 0.717) is 24.9 Å². The Morgan fingerprint density at radius 3 is 2.51 bits per heavy atom. The second-order valence-electron chi connectivity index (χ2n) is 10.8. The number of aliphatic hydroxyl groups excluding tert-OH is 1. The second-order valence-corrected chi connectivity index (χ2v) is 10.8. The highest BCUT2D eigenvalue weighted by Gasteiger charge is 2.81. The molecule has 0 radical (unpaired) electrons. The van der Waals surface area contributed by atoms with Crippen LogP contribution in [0.15, 0.2) is 0 Å². The maximum absolute atomic E-state index is 15.4. The number of esters is 1. The maximum Gasteiger partial charge on any atom is 0.511 e. The molecule has 0 aromatic rings. The van der Waals surface area contributed by atoms with Crippen molar-refractivity contribution in [3.8, 4) is 0 Å². The van der Waals surface area contributed by atoms with Crippen LogP contribution in [0.3, 0.4) is 0 Å². The van der Waals surface area contributed by atoms with Gasteiger partial charge in [0.15, 0.2) is 0 Å².